The van der Waals surface area contributed by atoms with Crippen LogP contribution in [0.25, 0.3) is 11.3 Å². The van der Waals surface area contributed by atoms with Crippen LogP contribution in [0.1, 0.15) is 21.7 Å². The van der Waals surface area contributed by atoms with Crippen molar-refractivity contribution < 1.29 is 9.53 Å². The van der Waals surface area contributed by atoms with Gasteiger partial charge in [-0.15, -0.1) is 0 Å². The molecule has 3 aromatic heterocycles. The lowest BCUT2D eigenvalue weighted by Gasteiger charge is -2.01. The van der Waals surface area contributed by atoms with E-state index in [2.05, 4.69) is 10.1 Å². The van der Waals surface area contributed by atoms with Gasteiger partial charge >= 0.3 is 5.97 Å². The number of hydrogen-bond acceptors (Lipinski definition) is 4. The van der Waals surface area contributed by atoms with Crippen molar-refractivity contribution in [3.05, 3.63) is 84.1 Å². The molecular formula is C19H16N4O2. The number of fused-ring (bicyclic) bond motifs is 1. The Morgan fingerprint density at radius 2 is 1.92 bits per heavy atom. The van der Waals surface area contributed by atoms with Crippen molar-refractivity contribution >= 4 is 11.6 Å². The molecule has 6 nitrogen and oxygen atoms in total. The van der Waals surface area contributed by atoms with Gasteiger partial charge in [0.25, 0.3) is 0 Å². The second-order valence-electron chi connectivity index (χ2n) is 5.73. The number of ether oxygens (including phenoxy) is 1. The van der Waals surface area contributed by atoms with Gasteiger partial charge in [0.15, 0.2) is 5.69 Å². The maximum Gasteiger partial charge on any atom is 0.358 e. The van der Waals surface area contributed by atoms with Crippen LogP contribution in [0.3, 0.4) is 0 Å². The number of nitrogens with zero attached hydrogens (tertiary/aromatic N) is 4. The molecule has 6 heteroatoms. The van der Waals surface area contributed by atoms with Crippen LogP contribution >= 0.6 is 0 Å². The zero-order chi connectivity index (χ0) is 17.2. The van der Waals surface area contributed by atoms with Gasteiger partial charge in [-0.1, -0.05) is 24.3 Å². The van der Waals surface area contributed by atoms with Crippen molar-refractivity contribution in [2.24, 2.45) is 0 Å². The maximum absolute atomic E-state index is 12.3. The van der Waals surface area contributed by atoms with E-state index in [0.717, 1.165) is 22.6 Å². The molecule has 25 heavy (non-hydrogen) atoms. The van der Waals surface area contributed by atoms with Gasteiger partial charge < -0.3 is 9.14 Å². The Hall–Kier alpha value is -3.41. The van der Waals surface area contributed by atoms with Gasteiger partial charge in [0.2, 0.25) is 0 Å². The summed E-state index contributed by atoms with van der Waals surface area (Å²) in [6.07, 6.45) is 5.23. The molecule has 0 saturated heterocycles. The summed E-state index contributed by atoms with van der Waals surface area (Å²) in [5, 5.41) is 4.29. The molecule has 0 amide bonds. The molecule has 0 bridgehead atoms. The van der Waals surface area contributed by atoms with E-state index in [0.29, 0.717) is 5.69 Å². The third-order valence-electron chi connectivity index (χ3n) is 3.93. The van der Waals surface area contributed by atoms with E-state index in [-0.39, 0.29) is 6.61 Å². The average Bonchev–Trinajstić information content (AvgIpc) is 3.28. The normalized spacial score (nSPS) is 10.9. The van der Waals surface area contributed by atoms with Crippen LogP contribution in [0.2, 0.25) is 0 Å². The standard InChI is InChI=1S/C19H16N4O2/c1-14-6-5-9-18-21-17(12-22(14)18)19(24)25-13-15-10-20-23(11-15)16-7-3-2-4-8-16/h2-12H,13H2,1H3. The molecule has 0 aliphatic heterocycles. The Balaban J connectivity index is 1.46. The first-order chi connectivity index (χ1) is 12.2. The zero-order valence-corrected chi connectivity index (χ0v) is 13.7. The number of carbonyl (C=O) groups is 1. The molecule has 4 aromatic rings. The quantitative estimate of drug-likeness (QED) is 0.539. The first-order valence-corrected chi connectivity index (χ1v) is 7.91. The van der Waals surface area contributed by atoms with Crippen molar-refractivity contribution in [2.75, 3.05) is 0 Å². The fourth-order valence-corrected chi connectivity index (χ4v) is 2.63. The molecule has 0 spiro atoms. The van der Waals surface area contributed by atoms with Crippen LogP contribution in [0.5, 0.6) is 0 Å². The van der Waals surface area contributed by atoms with Crippen molar-refractivity contribution in [3.8, 4) is 5.69 Å². The van der Waals surface area contributed by atoms with E-state index in [1.54, 1.807) is 17.1 Å². The minimum atomic E-state index is -0.449. The number of para-hydroxylation sites is 1. The van der Waals surface area contributed by atoms with Gasteiger partial charge in [0.05, 0.1) is 11.9 Å². The van der Waals surface area contributed by atoms with Crippen LogP contribution in [0.15, 0.2) is 67.1 Å². The highest BCUT2D eigenvalue weighted by atomic mass is 16.5. The number of rotatable bonds is 4. The van der Waals surface area contributed by atoms with Crippen molar-refractivity contribution in [1.29, 1.82) is 0 Å². The number of aromatic nitrogens is 4. The number of pyridine rings is 1. The van der Waals surface area contributed by atoms with E-state index in [4.69, 9.17) is 4.74 Å². The Morgan fingerprint density at radius 3 is 2.72 bits per heavy atom. The summed E-state index contributed by atoms with van der Waals surface area (Å²) in [6.45, 7) is 2.11. The minimum absolute atomic E-state index is 0.151. The highest BCUT2D eigenvalue weighted by molar-refractivity contribution is 5.88. The van der Waals surface area contributed by atoms with Gasteiger partial charge in [0, 0.05) is 23.7 Å². The Morgan fingerprint density at radius 1 is 1.08 bits per heavy atom. The van der Waals surface area contributed by atoms with E-state index in [1.165, 1.54) is 0 Å². The number of imidazole rings is 1. The van der Waals surface area contributed by atoms with Crippen LogP contribution in [-0.4, -0.2) is 25.1 Å². The lowest BCUT2D eigenvalue weighted by molar-refractivity contribution is 0.0466. The molecule has 124 valence electrons. The lowest BCUT2D eigenvalue weighted by atomic mass is 10.3. The van der Waals surface area contributed by atoms with Gasteiger partial charge in [0.1, 0.15) is 12.3 Å². The second kappa shape index (κ2) is 6.24. The second-order valence-corrected chi connectivity index (χ2v) is 5.73. The zero-order valence-electron chi connectivity index (χ0n) is 13.7. The molecule has 0 radical (unpaired) electrons. The van der Waals surface area contributed by atoms with Crippen LogP contribution in [-0.2, 0) is 11.3 Å². The molecule has 3 heterocycles. The summed E-state index contributed by atoms with van der Waals surface area (Å²) in [6, 6.07) is 15.5. The van der Waals surface area contributed by atoms with E-state index >= 15 is 0 Å². The van der Waals surface area contributed by atoms with Crippen molar-refractivity contribution in [3.63, 3.8) is 0 Å². The van der Waals surface area contributed by atoms with Crippen molar-refractivity contribution in [2.45, 2.75) is 13.5 Å². The summed E-state index contributed by atoms with van der Waals surface area (Å²) in [7, 11) is 0. The fourth-order valence-electron chi connectivity index (χ4n) is 2.63. The van der Waals surface area contributed by atoms with Gasteiger partial charge in [-0.05, 0) is 31.2 Å². The highest BCUT2D eigenvalue weighted by Gasteiger charge is 2.13. The van der Waals surface area contributed by atoms with Gasteiger partial charge in [-0.25, -0.2) is 14.5 Å². The predicted octanol–water partition coefficient (Wildman–Crippen LogP) is 3.19. The third-order valence-corrected chi connectivity index (χ3v) is 3.93. The number of aryl methyl sites for hydroxylation is 1. The van der Waals surface area contributed by atoms with Gasteiger partial charge in [-0.3, -0.25) is 0 Å². The molecule has 0 atom stereocenters. The lowest BCUT2D eigenvalue weighted by Crippen LogP contribution is -2.05. The number of carbonyl (C=O) groups excluding carboxylic acids is 1. The number of hydrogen-bond donors (Lipinski definition) is 0. The summed E-state index contributed by atoms with van der Waals surface area (Å²) >= 11 is 0. The highest BCUT2D eigenvalue weighted by Crippen LogP contribution is 2.12. The molecular weight excluding hydrogens is 316 g/mol. The molecule has 0 aliphatic rings. The molecule has 0 N–H and O–H groups in total. The van der Waals surface area contributed by atoms with Crippen LogP contribution < -0.4 is 0 Å². The number of esters is 1. The number of benzene rings is 1. The molecule has 0 saturated carbocycles. The minimum Gasteiger partial charge on any atom is -0.456 e. The topological polar surface area (TPSA) is 61.4 Å². The average molecular weight is 332 g/mol. The van der Waals surface area contributed by atoms with Gasteiger partial charge in [-0.2, -0.15) is 5.10 Å². The fraction of sp³-hybridized carbons (Fsp3) is 0.105. The SMILES string of the molecule is Cc1cccc2nc(C(=O)OCc3cnn(-c4ccccc4)c3)cn12. The molecule has 0 unspecified atom stereocenters. The first kappa shape index (κ1) is 15.1. The molecule has 0 fully saturated rings. The Kier molecular flexibility index (Phi) is 3.78. The summed E-state index contributed by atoms with van der Waals surface area (Å²) in [4.78, 5) is 16.6. The smallest absolute Gasteiger partial charge is 0.358 e. The van der Waals surface area contributed by atoms with Crippen LogP contribution in [0.4, 0.5) is 0 Å². The summed E-state index contributed by atoms with van der Waals surface area (Å²) < 4.78 is 8.98. The monoisotopic (exact) mass is 332 g/mol. The van der Waals surface area contributed by atoms with E-state index in [1.807, 2.05) is 66.1 Å². The Bertz CT molecular complexity index is 1030. The predicted molar refractivity (Wildman–Crippen MR) is 92.6 cm³/mol. The van der Waals surface area contributed by atoms with Crippen LogP contribution in [0, 0.1) is 6.92 Å². The third kappa shape index (κ3) is 3.01. The largest absolute Gasteiger partial charge is 0.456 e. The van der Waals surface area contributed by atoms with E-state index in [9.17, 15) is 4.79 Å². The summed E-state index contributed by atoms with van der Waals surface area (Å²) in [5.74, 6) is -0.449. The molecule has 4 rings (SSSR count). The van der Waals surface area contributed by atoms with E-state index < -0.39 is 5.97 Å². The molecule has 1 aromatic carbocycles. The van der Waals surface area contributed by atoms with Crippen molar-refractivity contribution in [1.82, 2.24) is 19.2 Å². The Labute approximate surface area is 144 Å². The first-order valence-electron chi connectivity index (χ1n) is 7.91. The summed E-state index contributed by atoms with van der Waals surface area (Å²) in [5.41, 5.74) is 3.80. The molecule has 0 aliphatic carbocycles. The maximum atomic E-state index is 12.3.